The van der Waals surface area contributed by atoms with E-state index in [-0.39, 0.29) is 22.5 Å². The summed E-state index contributed by atoms with van der Waals surface area (Å²) in [4.78, 5) is 26.7. The van der Waals surface area contributed by atoms with Gasteiger partial charge in [0, 0.05) is 25.5 Å². The fourth-order valence-corrected chi connectivity index (χ4v) is 2.45. The van der Waals surface area contributed by atoms with Gasteiger partial charge in [-0.05, 0) is 18.2 Å². The van der Waals surface area contributed by atoms with Gasteiger partial charge in [0.05, 0.1) is 11.8 Å². The quantitative estimate of drug-likeness (QED) is 0.646. The minimum atomic E-state index is -0.342. The van der Waals surface area contributed by atoms with Gasteiger partial charge in [-0.25, -0.2) is 4.52 Å². The molecule has 2 heterocycles. The van der Waals surface area contributed by atoms with Gasteiger partial charge in [-0.15, -0.1) is 0 Å². The molecule has 23 heavy (non-hydrogen) atoms. The smallest absolute Gasteiger partial charge is 0.274 e. The van der Waals surface area contributed by atoms with Crippen LogP contribution in [0.2, 0.25) is 0 Å². The van der Waals surface area contributed by atoms with Crippen LogP contribution in [0.3, 0.4) is 0 Å². The third kappa shape index (κ3) is 3.14. The Labute approximate surface area is 132 Å². The van der Waals surface area contributed by atoms with Crippen LogP contribution in [0.25, 0.3) is 5.52 Å². The summed E-state index contributed by atoms with van der Waals surface area (Å²) in [6, 6.07) is 7.95. The van der Waals surface area contributed by atoms with Gasteiger partial charge in [-0.3, -0.25) is 9.59 Å². The van der Waals surface area contributed by atoms with Crippen LogP contribution in [0.15, 0.2) is 47.7 Å². The van der Waals surface area contributed by atoms with Crippen molar-refractivity contribution in [2.45, 2.75) is 13.1 Å². The number of carbonyl (C=O) groups excluding carboxylic acids is 1. The predicted molar refractivity (Wildman–Crippen MR) is 86.2 cm³/mol. The van der Waals surface area contributed by atoms with E-state index in [0.717, 1.165) is 17.7 Å². The van der Waals surface area contributed by atoms with Crippen molar-refractivity contribution in [3.8, 4) is 0 Å². The first-order valence-corrected chi connectivity index (χ1v) is 7.24. The summed E-state index contributed by atoms with van der Waals surface area (Å²) in [5.74, 6) is -0.323. The highest BCUT2D eigenvalue weighted by atomic mass is 16.2. The number of aromatic nitrogens is 3. The number of nitrogens with one attached hydrogen (secondary N) is 3. The second-order valence-electron chi connectivity index (χ2n) is 5.17. The maximum absolute atomic E-state index is 12.3. The third-order valence-electron chi connectivity index (χ3n) is 3.51. The monoisotopic (exact) mass is 311 g/mol. The lowest BCUT2D eigenvalue weighted by Crippen LogP contribution is -2.24. The molecule has 0 saturated carbocycles. The van der Waals surface area contributed by atoms with Gasteiger partial charge in [0.2, 0.25) is 0 Å². The van der Waals surface area contributed by atoms with Crippen molar-refractivity contribution in [1.82, 2.24) is 25.2 Å². The van der Waals surface area contributed by atoms with Crippen molar-refractivity contribution >= 4 is 11.4 Å². The molecule has 3 N–H and O–H groups in total. The van der Waals surface area contributed by atoms with Crippen molar-refractivity contribution < 1.29 is 4.79 Å². The van der Waals surface area contributed by atoms with Gasteiger partial charge in [-0.1, -0.05) is 24.3 Å². The highest BCUT2D eigenvalue weighted by Gasteiger charge is 2.14. The van der Waals surface area contributed by atoms with Crippen molar-refractivity contribution in [1.29, 1.82) is 0 Å². The molecule has 7 heteroatoms. The lowest BCUT2D eigenvalue weighted by molar-refractivity contribution is 0.0952. The summed E-state index contributed by atoms with van der Waals surface area (Å²) in [6.07, 6.45) is 4.48. The van der Waals surface area contributed by atoms with E-state index in [1.54, 1.807) is 6.20 Å². The van der Waals surface area contributed by atoms with Crippen LogP contribution in [-0.4, -0.2) is 27.6 Å². The molecule has 0 bridgehead atoms. The number of benzene rings is 1. The topological polar surface area (TPSA) is 91.3 Å². The number of fused-ring (bicyclic) bond motifs is 1. The largest absolute Gasteiger partial charge is 0.348 e. The maximum Gasteiger partial charge on any atom is 0.274 e. The molecule has 0 unspecified atom stereocenters. The Hall–Kier alpha value is -2.93. The Kier molecular flexibility index (Phi) is 4.20. The normalized spacial score (nSPS) is 10.8. The van der Waals surface area contributed by atoms with E-state index in [0.29, 0.717) is 6.54 Å². The number of carbonyl (C=O) groups is 1. The highest BCUT2D eigenvalue weighted by Crippen LogP contribution is 2.07. The van der Waals surface area contributed by atoms with Gasteiger partial charge in [-0.2, -0.15) is 5.10 Å². The third-order valence-corrected chi connectivity index (χ3v) is 3.51. The summed E-state index contributed by atoms with van der Waals surface area (Å²) in [6.45, 7) is 1.16. The van der Waals surface area contributed by atoms with E-state index < -0.39 is 0 Å². The molecule has 0 aliphatic carbocycles. The lowest BCUT2D eigenvalue weighted by Gasteiger charge is -2.06. The Morgan fingerprint density at radius 2 is 2.09 bits per heavy atom. The summed E-state index contributed by atoms with van der Waals surface area (Å²) in [5.41, 5.74) is 2.31. The fourth-order valence-electron chi connectivity index (χ4n) is 2.45. The zero-order valence-corrected chi connectivity index (χ0v) is 12.7. The predicted octanol–water partition coefficient (Wildman–Crippen LogP) is 0.672. The van der Waals surface area contributed by atoms with Crippen LogP contribution in [0, 0.1) is 0 Å². The SMILES string of the molecule is CNCc1cccc(CNC(=O)c2cnn3cc[nH]c(=O)c23)c1. The molecule has 0 radical (unpaired) electrons. The zero-order valence-electron chi connectivity index (χ0n) is 12.7. The molecule has 2 aromatic heterocycles. The molecule has 1 aromatic carbocycles. The molecule has 7 nitrogen and oxygen atoms in total. The van der Waals surface area contributed by atoms with Crippen molar-refractivity contribution in [2.24, 2.45) is 0 Å². The van der Waals surface area contributed by atoms with Gasteiger partial charge in [0.25, 0.3) is 11.5 Å². The minimum absolute atomic E-state index is 0.244. The summed E-state index contributed by atoms with van der Waals surface area (Å²) >= 11 is 0. The molecule has 0 saturated heterocycles. The molecule has 0 atom stereocenters. The second kappa shape index (κ2) is 6.45. The van der Waals surface area contributed by atoms with Crippen LogP contribution < -0.4 is 16.2 Å². The number of hydrogen-bond acceptors (Lipinski definition) is 4. The van der Waals surface area contributed by atoms with Gasteiger partial charge >= 0.3 is 0 Å². The van der Waals surface area contributed by atoms with Crippen molar-refractivity contribution in [3.63, 3.8) is 0 Å². The van der Waals surface area contributed by atoms with E-state index in [4.69, 9.17) is 0 Å². The first kappa shape index (κ1) is 15.0. The number of amides is 1. The van der Waals surface area contributed by atoms with E-state index in [2.05, 4.69) is 20.7 Å². The molecule has 0 fully saturated rings. The lowest BCUT2D eigenvalue weighted by atomic mass is 10.1. The average molecular weight is 311 g/mol. The summed E-state index contributed by atoms with van der Waals surface area (Å²) in [5, 5.41) is 9.93. The van der Waals surface area contributed by atoms with E-state index in [1.807, 2.05) is 31.3 Å². The highest BCUT2D eigenvalue weighted by molar-refractivity contribution is 6.00. The standard InChI is InChI=1S/C16H17N5O2/c1-17-8-11-3-2-4-12(7-11)9-19-15(22)13-10-20-21-6-5-18-16(23)14(13)21/h2-7,10,17H,8-9H2,1H3,(H,18,23)(H,19,22). The number of nitrogens with zero attached hydrogens (tertiary/aromatic N) is 2. The number of hydrogen-bond donors (Lipinski definition) is 3. The van der Waals surface area contributed by atoms with Crippen LogP contribution in [0.4, 0.5) is 0 Å². The van der Waals surface area contributed by atoms with Crippen molar-refractivity contribution in [2.75, 3.05) is 7.05 Å². The first-order valence-electron chi connectivity index (χ1n) is 7.24. The molecule has 118 valence electrons. The maximum atomic E-state index is 12.3. The molecule has 0 aliphatic rings. The Bertz CT molecular complexity index is 897. The first-order chi connectivity index (χ1) is 11.2. The second-order valence-corrected chi connectivity index (χ2v) is 5.17. The van der Waals surface area contributed by atoms with Crippen LogP contribution >= 0.6 is 0 Å². The van der Waals surface area contributed by atoms with Crippen LogP contribution in [0.1, 0.15) is 21.5 Å². The van der Waals surface area contributed by atoms with Gasteiger partial charge < -0.3 is 15.6 Å². The average Bonchev–Trinajstić information content (AvgIpc) is 2.99. The summed E-state index contributed by atoms with van der Waals surface area (Å²) in [7, 11) is 1.89. The number of H-pyrrole nitrogens is 1. The van der Waals surface area contributed by atoms with Gasteiger partial charge in [0.15, 0.2) is 0 Å². The molecule has 3 aromatic rings. The Morgan fingerprint density at radius 1 is 1.30 bits per heavy atom. The Morgan fingerprint density at radius 3 is 2.87 bits per heavy atom. The summed E-state index contributed by atoms with van der Waals surface area (Å²) < 4.78 is 1.39. The number of rotatable bonds is 5. The molecule has 0 spiro atoms. The Balaban J connectivity index is 1.76. The minimum Gasteiger partial charge on any atom is -0.348 e. The van der Waals surface area contributed by atoms with Crippen LogP contribution in [-0.2, 0) is 13.1 Å². The van der Waals surface area contributed by atoms with E-state index in [1.165, 1.54) is 16.9 Å². The molecule has 1 amide bonds. The van der Waals surface area contributed by atoms with Crippen molar-refractivity contribution in [3.05, 3.63) is 69.9 Å². The molecule has 0 aliphatic heterocycles. The number of aromatic amines is 1. The van der Waals surface area contributed by atoms with Crippen LogP contribution in [0.5, 0.6) is 0 Å². The zero-order chi connectivity index (χ0) is 16.2. The van der Waals surface area contributed by atoms with Gasteiger partial charge in [0.1, 0.15) is 5.52 Å². The van der Waals surface area contributed by atoms with E-state index in [9.17, 15) is 9.59 Å². The fraction of sp³-hybridized carbons (Fsp3) is 0.188. The molecular weight excluding hydrogens is 294 g/mol. The molecule has 3 rings (SSSR count). The molecular formula is C16H17N5O2. The van der Waals surface area contributed by atoms with E-state index >= 15 is 0 Å².